The Bertz CT molecular complexity index is 426. The Labute approximate surface area is 116 Å². The Morgan fingerprint density at radius 3 is 2.88 bits per heavy atom. The van der Waals surface area contributed by atoms with E-state index in [0.29, 0.717) is 17.6 Å². The number of nitrogens with zero attached hydrogens (tertiary/aromatic N) is 1. The van der Waals surface area contributed by atoms with E-state index < -0.39 is 11.5 Å². The highest BCUT2D eigenvalue weighted by Crippen LogP contribution is 2.33. The normalized spacial score (nSPS) is 25.4. The van der Waals surface area contributed by atoms with Crippen LogP contribution in [0.2, 0.25) is 0 Å². The van der Waals surface area contributed by atoms with Crippen molar-refractivity contribution in [1.29, 1.82) is 0 Å². The number of carbonyl (C=O) groups is 1. The van der Waals surface area contributed by atoms with Gasteiger partial charge in [0.25, 0.3) is 0 Å². The quantitative estimate of drug-likeness (QED) is 0.892. The van der Waals surface area contributed by atoms with Crippen LogP contribution in [0.1, 0.15) is 25.5 Å². The van der Waals surface area contributed by atoms with Crippen molar-refractivity contribution in [2.45, 2.75) is 31.8 Å². The van der Waals surface area contributed by atoms with Crippen molar-refractivity contribution in [3.63, 3.8) is 0 Å². The molecule has 1 unspecified atom stereocenters. The van der Waals surface area contributed by atoms with Gasteiger partial charge in [-0.05, 0) is 64.2 Å². The zero-order valence-corrected chi connectivity index (χ0v) is 12.5. The molecule has 2 heterocycles. The topological polar surface area (TPSA) is 53.7 Å². The van der Waals surface area contributed by atoms with E-state index in [1.54, 1.807) is 6.92 Å². The van der Waals surface area contributed by atoms with E-state index in [1.807, 2.05) is 11.0 Å². The molecule has 94 valence electrons. The summed E-state index contributed by atoms with van der Waals surface area (Å²) in [5.41, 5.74) is -0.772. The maximum absolute atomic E-state index is 11.3. The van der Waals surface area contributed by atoms with Crippen LogP contribution in [0.25, 0.3) is 0 Å². The van der Waals surface area contributed by atoms with Gasteiger partial charge in [0.1, 0.15) is 11.3 Å². The predicted octanol–water partition coefficient (Wildman–Crippen LogP) is 3.24. The minimum atomic E-state index is -0.772. The SMILES string of the molecule is CC1(C(=O)O)CCCN1Cc1cc(Br)c(Br)o1. The number of hydrogen-bond donors (Lipinski definition) is 1. The highest BCUT2D eigenvalue weighted by Gasteiger charge is 2.43. The van der Waals surface area contributed by atoms with E-state index in [0.717, 1.165) is 23.2 Å². The van der Waals surface area contributed by atoms with Crippen LogP contribution in [0.3, 0.4) is 0 Å². The zero-order valence-electron chi connectivity index (χ0n) is 9.37. The second kappa shape index (κ2) is 4.74. The summed E-state index contributed by atoms with van der Waals surface area (Å²) < 4.78 is 6.98. The Morgan fingerprint density at radius 1 is 1.65 bits per heavy atom. The van der Waals surface area contributed by atoms with Crippen LogP contribution in [0.15, 0.2) is 19.6 Å². The largest absolute Gasteiger partial charge is 0.480 e. The lowest BCUT2D eigenvalue weighted by molar-refractivity contribution is -0.149. The van der Waals surface area contributed by atoms with E-state index in [2.05, 4.69) is 31.9 Å². The maximum atomic E-state index is 11.3. The molecular weight excluding hydrogens is 354 g/mol. The fourth-order valence-electron chi connectivity index (χ4n) is 2.17. The van der Waals surface area contributed by atoms with Crippen molar-refractivity contribution in [2.75, 3.05) is 6.54 Å². The van der Waals surface area contributed by atoms with Crippen molar-refractivity contribution in [1.82, 2.24) is 4.90 Å². The van der Waals surface area contributed by atoms with Crippen molar-refractivity contribution in [3.8, 4) is 0 Å². The van der Waals surface area contributed by atoms with E-state index in [4.69, 9.17) is 4.42 Å². The number of aliphatic carboxylic acids is 1. The summed E-state index contributed by atoms with van der Waals surface area (Å²) in [7, 11) is 0. The van der Waals surface area contributed by atoms with Gasteiger partial charge >= 0.3 is 5.97 Å². The third-order valence-electron chi connectivity index (χ3n) is 3.29. The number of likely N-dealkylation sites (tertiary alicyclic amines) is 1. The third-order valence-corrected chi connectivity index (χ3v) is 5.00. The van der Waals surface area contributed by atoms with E-state index in [1.165, 1.54) is 0 Å². The molecule has 0 radical (unpaired) electrons. The molecule has 0 saturated carbocycles. The molecule has 0 bridgehead atoms. The molecule has 1 aromatic heterocycles. The van der Waals surface area contributed by atoms with Gasteiger partial charge in [-0.15, -0.1) is 0 Å². The fraction of sp³-hybridized carbons (Fsp3) is 0.545. The van der Waals surface area contributed by atoms with Crippen LogP contribution < -0.4 is 0 Å². The highest BCUT2D eigenvalue weighted by molar-refractivity contribution is 9.13. The Hall–Kier alpha value is -0.330. The Morgan fingerprint density at radius 2 is 2.35 bits per heavy atom. The summed E-state index contributed by atoms with van der Waals surface area (Å²) in [6, 6.07) is 1.87. The standard InChI is InChI=1S/C11H13Br2NO3/c1-11(10(15)16)3-2-4-14(11)6-7-5-8(12)9(13)17-7/h5H,2-4,6H2,1H3,(H,15,16). The molecule has 1 atom stereocenters. The number of furan rings is 1. The second-order valence-electron chi connectivity index (χ2n) is 4.44. The number of carboxylic acids is 1. The molecule has 0 aliphatic carbocycles. The van der Waals surface area contributed by atoms with Gasteiger partial charge < -0.3 is 9.52 Å². The Kier molecular flexibility index (Phi) is 3.66. The molecule has 0 aromatic carbocycles. The van der Waals surface area contributed by atoms with Crippen LogP contribution in [0, 0.1) is 0 Å². The molecule has 1 aromatic rings. The third kappa shape index (κ3) is 2.44. The van der Waals surface area contributed by atoms with Crippen LogP contribution >= 0.6 is 31.9 Å². The fourth-order valence-corrected chi connectivity index (χ4v) is 2.83. The summed E-state index contributed by atoms with van der Waals surface area (Å²) in [4.78, 5) is 13.3. The van der Waals surface area contributed by atoms with Crippen LogP contribution in [-0.2, 0) is 11.3 Å². The molecule has 1 aliphatic heterocycles. The lowest BCUT2D eigenvalue weighted by Gasteiger charge is -2.30. The van der Waals surface area contributed by atoms with Gasteiger partial charge in [0.15, 0.2) is 4.67 Å². The zero-order chi connectivity index (χ0) is 12.6. The van der Waals surface area contributed by atoms with Crippen molar-refractivity contribution in [2.24, 2.45) is 0 Å². The average molecular weight is 367 g/mol. The first kappa shape index (κ1) is 13.1. The highest BCUT2D eigenvalue weighted by atomic mass is 79.9. The van der Waals surface area contributed by atoms with Crippen LogP contribution in [-0.4, -0.2) is 28.1 Å². The minimum Gasteiger partial charge on any atom is -0.480 e. The molecule has 1 saturated heterocycles. The number of halogens is 2. The molecule has 1 fully saturated rings. The van der Waals surface area contributed by atoms with Gasteiger partial charge in [-0.25, -0.2) is 0 Å². The lowest BCUT2D eigenvalue weighted by atomic mass is 9.99. The van der Waals surface area contributed by atoms with Gasteiger partial charge in [-0.1, -0.05) is 0 Å². The minimum absolute atomic E-state index is 0.521. The van der Waals surface area contributed by atoms with Gasteiger partial charge in [0, 0.05) is 0 Å². The van der Waals surface area contributed by atoms with Crippen LogP contribution in [0.4, 0.5) is 0 Å². The Balaban J connectivity index is 2.16. The lowest BCUT2D eigenvalue weighted by Crippen LogP contribution is -2.47. The first-order chi connectivity index (χ1) is 7.93. The molecule has 2 rings (SSSR count). The number of rotatable bonds is 3. The summed E-state index contributed by atoms with van der Waals surface area (Å²) in [6.45, 7) is 3.08. The van der Waals surface area contributed by atoms with Crippen molar-refractivity contribution in [3.05, 3.63) is 21.0 Å². The van der Waals surface area contributed by atoms with Crippen molar-refractivity contribution < 1.29 is 14.3 Å². The van der Waals surface area contributed by atoms with Crippen molar-refractivity contribution >= 4 is 37.8 Å². The van der Waals surface area contributed by atoms with Gasteiger partial charge in [0.2, 0.25) is 0 Å². The molecule has 1 aliphatic rings. The molecule has 1 N–H and O–H groups in total. The average Bonchev–Trinajstić information content (AvgIpc) is 2.74. The first-order valence-corrected chi connectivity index (χ1v) is 6.94. The first-order valence-electron chi connectivity index (χ1n) is 5.35. The predicted molar refractivity (Wildman–Crippen MR) is 69.8 cm³/mol. The van der Waals surface area contributed by atoms with Gasteiger partial charge in [-0.2, -0.15) is 0 Å². The molecule has 0 amide bonds. The molecule has 0 spiro atoms. The molecule has 4 nitrogen and oxygen atoms in total. The van der Waals surface area contributed by atoms with Crippen LogP contribution in [0.5, 0.6) is 0 Å². The summed E-state index contributed by atoms with van der Waals surface area (Å²) in [6.07, 6.45) is 1.59. The summed E-state index contributed by atoms with van der Waals surface area (Å²) in [5, 5.41) is 9.29. The van der Waals surface area contributed by atoms with E-state index in [-0.39, 0.29) is 0 Å². The number of carboxylic acid groups (broad SMARTS) is 1. The molecule has 6 heteroatoms. The van der Waals surface area contributed by atoms with E-state index >= 15 is 0 Å². The monoisotopic (exact) mass is 365 g/mol. The van der Waals surface area contributed by atoms with Gasteiger partial charge in [0.05, 0.1) is 11.0 Å². The maximum Gasteiger partial charge on any atom is 0.323 e. The van der Waals surface area contributed by atoms with Gasteiger partial charge in [-0.3, -0.25) is 9.69 Å². The smallest absolute Gasteiger partial charge is 0.323 e. The van der Waals surface area contributed by atoms with E-state index in [9.17, 15) is 9.90 Å². The summed E-state index contributed by atoms with van der Waals surface area (Å²) in [5.74, 6) is -0.00203. The molecular formula is C11H13Br2NO3. The second-order valence-corrected chi connectivity index (χ2v) is 6.01. The summed E-state index contributed by atoms with van der Waals surface area (Å²) >= 11 is 6.62. The number of hydrogen-bond acceptors (Lipinski definition) is 3. The molecule has 17 heavy (non-hydrogen) atoms.